The first-order valence-electron chi connectivity index (χ1n) is 4.87. The van der Waals surface area contributed by atoms with Gasteiger partial charge in [-0.3, -0.25) is 0 Å². The number of carboxylic acid groups (broad SMARTS) is 1. The van der Waals surface area contributed by atoms with Gasteiger partial charge in [0.15, 0.2) is 5.57 Å². The van der Waals surface area contributed by atoms with Crippen LogP contribution in [0.5, 0.6) is 0 Å². The summed E-state index contributed by atoms with van der Waals surface area (Å²) < 4.78 is 0. The van der Waals surface area contributed by atoms with Gasteiger partial charge in [0.05, 0.1) is 0 Å². The zero-order chi connectivity index (χ0) is 12.0. The second kappa shape index (κ2) is 5.56. The highest BCUT2D eigenvalue weighted by atomic mass is 16.4. The van der Waals surface area contributed by atoms with Gasteiger partial charge in [-0.2, -0.15) is 5.26 Å². The molecule has 0 heterocycles. The van der Waals surface area contributed by atoms with Crippen LogP contribution in [-0.4, -0.2) is 11.1 Å². The molecule has 1 aromatic rings. The molecule has 0 spiro atoms. The van der Waals surface area contributed by atoms with E-state index in [0.29, 0.717) is 12.1 Å². The van der Waals surface area contributed by atoms with Gasteiger partial charge in [-0.15, -0.1) is 0 Å². The lowest BCUT2D eigenvalue weighted by Crippen LogP contribution is -2.08. The molecule has 82 valence electrons. The van der Waals surface area contributed by atoms with Gasteiger partial charge < -0.3 is 10.4 Å². The van der Waals surface area contributed by atoms with Gasteiger partial charge in [-0.25, -0.2) is 4.79 Å². The summed E-state index contributed by atoms with van der Waals surface area (Å²) in [7, 11) is 0. The number of aliphatic carboxylic acids is 1. The fourth-order valence-electron chi connectivity index (χ4n) is 1.27. The number of anilines is 1. The van der Waals surface area contributed by atoms with Gasteiger partial charge in [0.2, 0.25) is 0 Å². The lowest BCUT2D eigenvalue weighted by atomic mass is 10.1. The van der Waals surface area contributed by atoms with E-state index in [1.165, 1.54) is 0 Å². The van der Waals surface area contributed by atoms with E-state index in [1.54, 1.807) is 13.0 Å². The first kappa shape index (κ1) is 11.8. The van der Waals surface area contributed by atoms with Crippen LogP contribution in [0, 0.1) is 11.3 Å². The smallest absolute Gasteiger partial charge is 0.348 e. The van der Waals surface area contributed by atoms with Crippen molar-refractivity contribution in [1.29, 1.82) is 5.26 Å². The highest BCUT2D eigenvalue weighted by Gasteiger charge is 2.12. The minimum Gasteiger partial charge on any atom is -0.477 e. The Balaban J connectivity index is 3.01. The van der Waals surface area contributed by atoms with Crippen molar-refractivity contribution >= 4 is 11.7 Å². The van der Waals surface area contributed by atoms with Crippen molar-refractivity contribution in [2.24, 2.45) is 0 Å². The number of allylic oxidation sites excluding steroid dienone is 1. The molecule has 4 nitrogen and oxygen atoms in total. The van der Waals surface area contributed by atoms with Crippen molar-refractivity contribution in [3.8, 4) is 6.07 Å². The number of nitrogens with zero attached hydrogens (tertiary/aromatic N) is 1. The molecule has 0 atom stereocenters. The average molecular weight is 216 g/mol. The predicted molar refractivity (Wildman–Crippen MR) is 60.6 cm³/mol. The molecule has 0 aromatic heterocycles. The maximum absolute atomic E-state index is 10.8. The molecule has 0 amide bonds. The zero-order valence-electron chi connectivity index (χ0n) is 8.90. The Morgan fingerprint density at radius 2 is 2.06 bits per heavy atom. The monoisotopic (exact) mass is 216 g/mol. The number of para-hydroxylation sites is 1. The topological polar surface area (TPSA) is 73.1 Å². The number of hydrogen-bond acceptors (Lipinski definition) is 3. The summed E-state index contributed by atoms with van der Waals surface area (Å²) in [5, 5.41) is 20.5. The zero-order valence-corrected chi connectivity index (χ0v) is 8.90. The molecular formula is C12H12N2O2. The summed E-state index contributed by atoms with van der Waals surface area (Å²) in [4.78, 5) is 10.8. The molecule has 0 unspecified atom stereocenters. The molecule has 16 heavy (non-hydrogen) atoms. The van der Waals surface area contributed by atoms with E-state index in [4.69, 9.17) is 10.4 Å². The number of nitrogens with one attached hydrogen (secondary N) is 1. The molecule has 0 saturated heterocycles. The molecule has 0 radical (unpaired) electrons. The van der Waals surface area contributed by atoms with E-state index in [-0.39, 0.29) is 5.57 Å². The van der Waals surface area contributed by atoms with E-state index < -0.39 is 5.97 Å². The third kappa shape index (κ3) is 2.85. The van der Waals surface area contributed by atoms with Crippen LogP contribution in [0.4, 0.5) is 5.69 Å². The second-order valence-corrected chi connectivity index (χ2v) is 3.12. The predicted octanol–water partition coefficient (Wildman–Crippen LogP) is 2.37. The molecule has 2 N–H and O–H groups in total. The first-order valence-corrected chi connectivity index (χ1v) is 4.87. The van der Waals surface area contributed by atoms with Crippen LogP contribution in [0.15, 0.2) is 41.6 Å². The van der Waals surface area contributed by atoms with Crippen LogP contribution in [0.1, 0.15) is 13.3 Å². The van der Waals surface area contributed by atoms with Crippen LogP contribution >= 0.6 is 0 Å². The fraction of sp³-hybridized carbons (Fsp3) is 0.167. The first-order chi connectivity index (χ1) is 7.69. The molecule has 1 aromatic carbocycles. The second-order valence-electron chi connectivity index (χ2n) is 3.12. The van der Waals surface area contributed by atoms with Gasteiger partial charge >= 0.3 is 5.97 Å². The highest BCUT2D eigenvalue weighted by molar-refractivity contribution is 5.92. The molecule has 0 bridgehead atoms. The van der Waals surface area contributed by atoms with Crippen molar-refractivity contribution in [3.63, 3.8) is 0 Å². The van der Waals surface area contributed by atoms with Crippen LogP contribution in [0.2, 0.25) is 0 Å². The minimum atomic E-state index is -1.21. The fourth-order valence-corrected chi connectivity index (χ4v) is 1.27. The van der Waals surface area contributed by atoms with Crippen molar-refractivity contribution in [1.82, 2.24) is 0 Å². The van der Waals surface area contributed by atoms with E-state index >= 15 is 0 Å². The Hall–Kier alpha value is -2.28. The molecule has 0 saturated carbocycles. The van der Waals surface area contributed by atoms with Gasteiger partial charge in [0.25, 0.3) is 0 Å². The van der Waals surface area contributed by atoms with Gasteiger partial charge in [0.1, 0.15) is 6.07 Å². The van der Waals surface area contributed by atoms with Crippen LogP contribution in [-0.2, 0) is 4.79 Å². The van der Waals surface area contributed by atoms with E-state index in [0.717, 1.165) is 5.69 Å². The molecular weight excluding hydrogens is 204 g/mol. The van der Waals surface area contributed by atoms with Crippen LogP contribution in [0.3, 0.4) is 0 Å². The third-order valence-corrected chi connectivity index (χ3v) is 2.05. The number of hydrogen-bond donors (Lipinski definition) is 2. The number of carboxylic acids is 1. The Morgan fingerprint density at radius 1 is 1.44 bits per heavy atom. The minimum absolute atomic E-state index is 0.244. The Morgan fingerprint density at radius 3 is 2.50 bits per heavy atom. The van der Waals surface area contributed by atoms with Crippen molar-refractivity contribution < 1.29 is 9.90 Å². The number of benzene rings is 1. The van der Waals surface area contributed by atoms with Crippen molar-refractivity contribution in [2.75, 3.05) is 5.32 Å². The lowest BCUT2D eigenvalue weighted by Gasteiger charge is -2.09. The van der Waals surface area contributed by atoms with Gasteiger partial charge in [0, 0.05) is 11.4 Å². The van der Waals surface area contributed by atoms with E-state index in [9.17, 15) is 4.79 Å². The maximum Gasteiger partial charge on any atom is 0.348 e. The average Bonchev–Trinajstić information content (AvgIpc) is 2.29. The lowest BCUT2D eigenvalue weighted by molar-refractivity contribution is -0.132. The van der Waals surface area contributed by atoms with Crippen molar-refractivity contribution in [2.45, 2.75) is 13.3 Å². The molecule has 0 aliphatic rings. The van der Waals surface area contributed by atoms with Crippen molar-refractivity contribution in [3.05, 3.63) is 41.6 Å². The Bertz CT molecular complexity index is 444. The SMILES string of the molecule is CCC(Nc1ccccc1)=C(C#N)C(=O)O. The molecule has 0 aliphatic heterocycles. The normalized spacial score (nSPS) is 11.2. The molecule has 4 heteroatoms. The largest absolute Gasteiger partial charge is 0.477 e. The Labute approximate surface area is 93.8 Å². The molecule has 0 aliphatic carbocycles. The van der Waals surface area contributed by atoms with Gasteiger partial charge in [-0.1, -0.05) is 25.1 Å². The van der Waals surface area contributed by atoms with E-state index in [1.807, 2.05) is 30.3 Å². The maximum atomic E-state index is 10.8. The summed E-state index contributed by atoms with van der Waals surface area (Å²) in [5.74, 6) is -1.21. The number of nitriles is 1. The summed E-state index contributed by atoms with van der Waals surface area (Å²) in [6.45, 7) is 1.80. The van der Waals surface area contributed by atoms with Gasteiger partial charge in [-0.05, 0) is 18.6 Å². The molecule has 0 fully saturated rings. The summed E-state index contributed by atoms with van der Waals surface area (Å²) in [6, 6.07) is 10.8. The summed E-state index contributed by atoms with van der Waals surface area (Å²) >= 11 is 0. The summed E-state index contributed by atoms with van der Waals surface area (Å²) in [5.41, 5.74) is 0.945. The van der Waals surface area contributed by atoms with Crippen LogP contribution in [0.25, 0.3) is 0 Å². The number of rotatable bonds is 4. The summed E-state index contributed by atoms with van der Waals surface area (Å²) in [6.07, 6.45) is 0.462. The van der Waals surface area contributed by atoms with E-state index in [2.05, 4.69) is 5.32 Å². The standard InChI is InChI=1S/C12H12N2O2/c1-2-11(10(8-13)12(15)16)14-9-6-4-3-5-7-9/h3-7,14H,2H2,1H3,(H,15,16). The van der Waals surface area contributed by atoms with Crippen LogP contribution < -0.4 is 5.32 Å². The third-order valence-electron chi connectivity index (χ3n) is 2.05. The quantitative estimate of drug-likeness (QED) is 0.598. The molecule has 1 rings (SSSR count). The highest BCUT2D eigenvalue weighted by Crippen LogP contribution is 2.14. The number of carbonyl (C=O) groups is 1. The Kier molecular flexibility index (Phi) is 4.10.